The fourth-order valence-corrected chi connectivity index (χ4v) is 11.7. The highest BCUT2D eigenvalue weighted by Crippen LogP contribution is 2.36. The van der Waals surface area contributed by atoms with Gasteiger partial charge >= 0.3 is 18.2 Å². The van der Waals surface area contributed by atoms with Gasteiger partial charge in [-0.15, -0.1) is 0 Å². The van der Waals surface area contributed by atoms with Crippen molar-refractivity contribution in [1.82, 2.24) is 40.0 Å². The zero-order chi connectivity index (χ0) is 38.1. The van der Waals surface area contributed by atoms with Crippen molar-refractivity contribution in [1.29, 1.82) is 0 Å². The Hall–Kier alpha value is -2.80. The predicted octanol–water partition coefficient (Wildman–Crippen LogP) is 4.98. The molecule has 0 aromatic carbocycles. The van der Waals surface area contributed by atoms with E-state index in [0.29, 0.717) is 60.2 Å². The van der Waals surface area contributed by atoms with Gasteiger partial charge in [-0.2, -0.15) is 0 Å². The highest BCUT2D eigenvalue weighted by atomic mass is 16.6. The molecular formula is C42H70N8O5. The van der Waals surface area contributed by atoms with Gasteiger partial charge in [-0.05, 0) is 104 Å². The molecule has 6 saturated heterocycles. The van der Waals surface area contributed by atoms with E-state index >= 15 is 0 Å². The van der Waals surface area contributed by atoms with Crippen molar-refractivity contribution < 1.29 is 23.9 Å². The summed E-state index contributed by atoms with van der Waals surface area (Å²) < 4.78 is 5.32. The molecule has 2 N–H and O–H groups in total. The van der Waals surface area contributed by atoms with E-state index in [4.69, 9.17) is 4.74 Å². The van der Waals surface area contributed by atoms with Gasteiger partial charge in [0.15, 0.2) is 0 Å². The van der Waals surface area contributed by atoms with Gasteiger partial charge in [-0.3, -0.25) is 4.79 Å². The Kier molecular flexibility index (Phi) is 12.3. The zero-order valence-electron chi connectivity index (χ0n) is 33.9. The molecule has 0 bridgehead atoms. The molecule has 6 aliphatic heterocycles. The Morgan fingerprint density at radius 2 is 0.927 bits per heavy atom. The van der Waals surface area contributed by atoms with Crippen LogP contribution in [0.2, 0.25) is 0 Å². The number of amides is 6. The number of piperidine rings is 4. The monoisotopic (exact) mass is 767 g/mol. The van der Waals surface area contributed by atoms with Crippen molar-refractivity contribution in [2.75, 3.05) is 52.4 Å². The van der Waals surface area contributed by atoms with Gasteiger partial charge in [-0.1, -0.05) is 25.7 Å². The largest absolute Gasteiger partial charge is 0.447 e. The summed E-state index contributed by atoms with van der Waals surface area (Å²) in [5, 5.41) is 6.47. The number of carbonyl (C=O) groups is 4. The van der Waals surface area contributed by atoms with Crippen molar-refractivity contribution in [3.8, 4) is 0 Å². The number of likely N-dealkylation sites (tertiary alicyclic amines) is 4. The maximum absolute atomic E-state index is 12.6. The summed E-state index contributed by atoms with van der Waals surface area (Å²) in [6.07, 6.45) is 20.3. The van der Waals surface area contributed by atoms with Gasteiger partial charge in [0.1, 0.15) is 0 Å². The molecule has 3 aliphatic carbocycles. The molecule has 9 fully saturated rings. The second-order valence-corrected chi connectivity index (χ2v) is 18.6. The molecule has 6 amide bonds. The number of fused-ring (bicyclic) bond motifs is 2. The SMILES string of the molecule is CC(C)OC(=O)N1CCC(N2CCC(N3C(=O)N[C@@H]4CCCC[C@H]43)CC2)CC1.O=C(C1CC1)N1CCC(N2CCC(N3C(=O)N[C@@H]4CCCC[C@H]43)CC2)CC1. The molecule has 13 heteroatoms. The smallest absolute Gasteiger partial charge is 0.410 e. The van der Waals surface area contributed by atoms with E-state index in [1.54, 1.807) is 0 Å². The van der Waals surface area contributed by atoms with Crippen LogP contribution in [0.25, 0.3) is 0 Å². The first kappa shape index (κ1) is 39.0. The van der Waals surface area contributed by atoms with Crippen LogP contribution in [-0.4, -0.2) is 160 Å². The minimum atomic E-state index is -0.172. The van der Waals surface area contributed by atoms with Crippen LogP contribution in [0.4, 0.5) is 14.4 Å². The molecule has 0 spiro atoms. The second kappa shape index (κ2) is 17.4. The van der Waals surface area contributed by atoms with E-state index in [1.807, 2.05) is 18.7 Å². The van der Waals surface area contributed by atoms with Crippen molar-refractivity contribution >= 4 is 24.1 Å². The number of nitrogens with one attached hydrogen (secondary N) is 2. The van der Waals surface area contributed by atoms with Crippen molar-refractivity contribution in [2.45, 2.75) is 184 Å². The second-order valence-electron chi connectivity index (χ2n) is 18.6. The topological polar surface area (TPSA) is 121 Å². The summed E-state index contributed by atoms with van der Waals surface area (Å²) in [7, 11) is 0. The average Bonchev–Trinajstić information content (AvgIpc) is 3.93. The summed E-state index contributed by atoms with van der Waals surface area (Å²) >= 11 is 0. The number of hydrogen-bond donors (Lipinski definition) is 2. The Morgan fingerprint density at radius 3 is 1.35 bits per heavy atom. The molecule has 55 heavy (non-hydrogen) atoms. The highest BCUT2D eigenvalue weighted by molar-refractivity contribution is 5.81. The van der Waals surface area contributed by atoms with Crippen LogP contribution in [0, 0.1) is 5.92 Å². The average molecular weight is 767 g/mol. The lowest BCUT2D eigenvalue weighted by molar-refractivity contribution is -0.134. The fraction of sp³-hybridized carbons (Fsp3) is 0.905. The number of hydrogen-bond acceptors (Lipinski definition) is 7. The van der Waals surface area contributed by atoms with Crippen LogP contribution >= 0.6 is 0 Å². The lowest BCUT2D eigenvalue weighted by atomic mass is 9.89. The summed E-state index contributed by atoms with van der Waals surface area (Å²) in [5.74, 6) is 0.766. The van der Waals surface area contributed by atoms with E-state index in [2.05, 4.69) is 35.1 Å². The lowest BCUT2D eigenvalue weighted by Gasteiger charge is -2.44. The van der Waals surface area contributed by atoms with Crippen LogP contribution in [0.1, 0.15) is 129 Å². The first-order chi connectivity index (χ1) is 26.7. The van der Waals surface area contributed by atoms with E-state index in [-0.39, 0.29) is 24.3 Å². The first-order valence-corrected chi connectivity index (χ1v) is 22.6. The van der Waals surface area contributed by atoms with Gasteiger partial charge in [0.2, 0.25) is 5.91 Å². The van der Waals surface area contributed by atoms with Gasteiger partial charge < -0.3 is 44.8 Å². The Bertz CT molecular complexity index is 1350. The molecule has 6 heterocycles. The molecule has 0 unspecified atom stereocenters. The highest BCUT2D eigenvalue weighted by Gasteiger charge is 2.46. The van der Waals surface area contributed by atoms with E-state index < -0.39 is 0 Å². The molecular weight excluding hydrogens is 697 g/mol. The predicted molar refractivity (Wildman–Crippen MR) is 211 cm³/mol. The third-order valence-electron chi connectivity index (χ3n) is 14.8. The van der Waals surface area contributed by atoms with E-state index in [0.717, 1.165) is 136 Å². The van der Waals surface area contributed by atoms with E-state index in [1.165, 1.54) is 32.1 Å². The van der Waals surface area contributed by atoms with Gasteiger partial charge in [-0.25, -0.2) is 14.4 Å². The lowest BCUT2D eigenvalue weighted by Crippen LogP contribution is -2.53. The van der Waals surface area contributed by atoms with Crippen LogP contribution in [-0.2, 0) is 9.53 Å². The normalized spacial score (nSPS) is 32.1. The minimum absolute atomic E-state index is 0.0594. The summed E-state index contributed by atoms with van der Waals surface area (Å²) in [4.78, 5) is 63.0. The van der Waals surface area contributed by atoms with Crippen molar-refractivity contribution in [2.24, 2.45) is 5.92 Å². The van der Waals surface area contributed by atoms with Crippen LogP contribution < -0.4 is 10.6 Å². The summed E-state index contributed by atoms with van der Waals surface area (Å²) in [6, 6.07) is 4.02. The zero-order valence-corrected chi connectivity index (χ0v) is 33.9. The van der Waals surface area contributed by atoms with Crippen LogP contribution in [0.5, 0.6) is 0 Å². The molecule has 0 radical (unpaired) electrons. The Morgan fingerprint density at radius 1 is 0.527 bits per heavy atom. The standard InChI is InChI=1S/C21H36N4O3.C21H34N4O2/c1-15(2)28-21(27)24-13-7-16(8-14-24)23-11-9-17(10-12-23)25-19-6-4-3-5-18(19)22-20(25)26;26-20(15-5-6-15)24-13-7-16(8-14-24)23-11-9-17(10-12-23)25-19-4-2-1-3-18(19)22-21(25)27/h15-19H,3-14H2,1-2H3,(H,22,26);15-19H,1-14H2,(H,22,27)/t2*18-,19-/m11/s1. The third-order valence-corrected chi connectivity index (χ3v) is 14.8. The van der Waals surface area contributed by atoms with Crippen LogP contribution in [0.15, 0.2) is 0 Å². The quantitative estimate of drug-likeness (QED) is 0.391. The molecule has 0 aromatic rings. The van der Waals surface area contributed by atoms with Gasteiger partial charge in [0.05, 0.1) is 30.3 Å². The number of carbonyl (C=O) groups excluding carboxylic acids is 4. The minimum Gasteiger partial charge on any atom is -0.447 e. The Balaban J connectivity index is 0.000000155. The molecule has 9 aliphatic rings. The molecule has 308 valence electrons. The summed E-state index contributed by atoms with van der Waals surface area (Å²) in [5.41, 5.74) is 0. The fourth-order valence-electron chi connectivity index (χ4n) is 11.7. The summed E-state index contributed by atoms with van der Waals surface area (Å²) in [6.45, 7) is 11.6. The molecule has 0 aromatic heterocycles. The Labute approximate surface area is 329 Å². The van der Waals surface area contributed by atoms with E-state index in [9.17, 15) is 19.2 Å². The third kappa shape index (κ3) is 8.87. The first-order valence-electron chi connectivity index (χ1n) is 22.6. The number of urea groups is 2. The number of rotatable bonds is 6. The van der Waals surface area contributed by atoms with Crippen LogP contribution in [0.3, 0.4) is 0 Å². The van der Waals surface area contributed by atoms with Gasteiger partial charge in [0, 0.05) is 82.4 Å². The molecule has 4 atom stereocenters. The molecule has 13 nitrogen and oxygen atoms in total. The maximum atomic E-state index is 12.6. The maximum Gasteiger partial charge on any atom is 0.410 e. The van der Waals surface area contributed by atoms with Gasteiger partial charge in [0.25, 0.3) is 0 Å². The molecule has 3 saturated carbocycles. The van der Waals surface area contributed by atoms with Crippen molar-refractivity contribution in [3.05, 3.63) is 0 Å². The number of nitrogens with zero attached hydrogens (tertiary/aromatic N) is 6. The van der Waals surface area contributed by atoms with Crippen molar-refractivity contribution in [3.63, 3.8) is 0 Å². The number of ether oxygens (including phenoxy) is 1. The molecule has 9 rings (SSSR count).